The number of hydrogen-bond donors (Lipinski definition) is 0. The minimum absolute atomic E-state index is 0.0869. The quantitative estimate of drug-likeness (QED) is 0.709. The predicted molar refractivity (Wildman–Crippen MR) is 56.7 cm³/mol. The van der Waals surface area contributed by atoms with Crippen molar-refractivity contribution in [2.75, 3.05) is 0 Å². The summed E-state index contributed by atoms with van der Waals surface area (Å²) in [5, 5.41) is 4.09. The van der Waals surface area contributed by atoms with Gasteiger partial charge in [0.15, 0.2) is 5.78 Å². The first-order chi connectivity index (χ1) is 7.16. The van der Waals surface area contributed by atoms with Crippen LogP contribution in [0.4, 0.5) is 0 Å². The van der Waals surface area contributed by atoms with Gasteiger partial charge in [0.25, 0.3) is 0 Å². The zero-order valence-electron chi connectivity index (χ0n) is 8.84. The number of rotatable bonds is 3. The average molecular weight is 203 g/mol. The lowest BCUT2D eigenvalue weighted by atomic mass is 10.3. The zero-order chi connectivity index (χ0) is 10.8. The smallest absolute Gasteiger partial charge is 0.176 e. The van der Waals surface area contributed by atoms with E-state index in [1.54, 1.807) is 11.6 Å². The number of ketones is 1. The summed E-state index contributed by atoms with van der Waals surface area (Å²) < 4.78 is 3.69. The van der Waals surface area contributed by atoms with Gasteiger partial charge in [-0.2, -0.15) is 5.10 Å². The zero-order valence-corrected chi connectivity index (χ0v) is 8.84. The molecule has 0 aliphatic heterocycles. The van der Waals surface area contributed by atoms with Crippen molar-refractivity contribution in [1.29, 1.82) is 0 Å². The molecule has 4 nitrogen and oxygen atoms in total. The number of nitrogens with zero attached hydrogens (tertiary/aromatic N) is 3. The Labute approximate surface area is 88.1 Å². The van der Waals surface area contributed by atoms with Crippen LogP contribution in [0.2, 0.25) is 0 Å². The van der Waals surface area contributed by atoms with Crippen LogP contribution in [0.25, 0.3) is 0 Å². The van der Waals surface area contributed by atoms with E-state index in [0.717, 1.165) is 11.3 Å². The van der Waals surface area contributed by atoms with E-state index in [0.29, 0.717) is 6.54 Å². The Balaban J connectivity index is 2.24. The standard InChI is InChI=1S/C11H13N3O/c1-9(15)11-4-3-5-14(11)8-10-6-12-13(2)7-10/h3-7H,8H2,1-2H3. The van der Waals surface area contributed by atoms with E-state index in [9.17, 15) is 4.79 Å². The summed E-state index contributed by atoms with van der Waals surface area (Å²) in [6.45, 7) is 2.27. The molecule has 2 aromatic rings. The molecule has 2 aromatic heterocycles. The lowest BCUT2D eigenvalue weighted by Gasteiger charge is -2.04. The number of hydrogen-bond acceptors (Lipinski definition) is 2. The lowest BCUT2D eigenvalue weighted by Crippen LogP contribution is -2.06. The van der Waals surface area contributed by atoms with Crippen molar-refractivity contribution in [1.82, 2.24) is 14.3 Å². The highest BCUT2D eigenvalue weighted by atomic mass is 16.1. The van der Waals surface area contributed by atoms with Crippen LogP contribution in [0.5, 0.6) is 0 Å². The molecule has 4 heteroatoms. The Morgan fingerprint density at radius 2 is 2.33 bits per heavy atom. The topological polar surface area (TPSA) is 39.8 Å². The molecule has 0 unspecified atom stereocenters. The molecule has 2 heterocycles. The molecule has 2 rings (SSSR count). The Bertz CT molecular complexity index is 481. The number of aromatic nitrogens is 3. The fourth-order valence-electron chi connectivity index (χ4n) is 1.62. The maximum absolute atomic E-state index is 11.3. The molecule has 0 spiro atoms. The average Bonchev–Trinajstić information content (AvgIpc) is 2.75. The summed E-state index contributed by atoms with van der Waals surface area (Å²) in [6.07, 6.45) is 5.66. The van der Waals surface area contributed by atoms with Crippen LogP contribution in [0, 0.1) is 0 Å². The Hall–Kier alpha value is -1.84. The summed E-state index contributed by atoms with van der Waals surface area (Å²) in [6, 6.07) is 3.71. The van der Waals surface area contributed by atoms with Gasteiger partial charge in [-0.1, -0.05) is 0 Å². The Morgan fingerprint density at radius 1 is 1.53 bits per heavy atom. The molecule has 0 bridgehead atoms. The minimum atomic E-state index is 0.0869. The van der Waals surface area contributed by atoms with Gasteiger partial charge in [0.2, 0.25) is 0 Å². The van der Waals surface area contributed by atoms with Gasteiger partial charge in [0.1, 0.15) is 0 Å². The van der Waals surface area contributed by atoms with E-state index >= 15 is 0 Å². The van der Waals surface area contributed by atoms with Gasteiger partial charge < -0.3 is 4.57 Å². The molecule has 0 amide bonds. The maximum atomic E-state index is 11.3. The van der Waals surface area contributed by atoms with Gasteiger partial charge in [-0.05, 0) is 12.1 Å². The molecule has 0 saturated carbocycles. The van der Waals surface area contributed by atoms with Crippen LogP contribution in [-0.4, -0.2) is 20.1 Å². The highest BCUT2D eigenvalue weighted by molar-refractivity contribution is 5.92. The molecule has 0 fully saturated rings. The second-order valence-corrected chi connectivity index (χ2v) is 3.60. The van der Waals surface area contributed by atoms with E-state index < -0.39 is 0 Å². The first-order valence-corrected chi connectivity index (χ1v) is 4.80. The SMILES string of the molecule is CC(=O)c1cccn1Cc1cnn(C)c1. The van der Waals surface area contributed by atoms with Gasteiger partial charge >= 0.3 is 0 Å². The lowest BCUT2D eigenvalue weighted by molar-refractivity contribution is 0.100. The summed E-state index contributed by atoms with van der Waals surface area (Å²) in [7, 11) is 1.88. The van der Waals surface area contributed by atoms with Crippen LogP contribution in [-0.2, 0) is 13.6 Å². The summed E-state index contributed by atoms with van der Waals surface area (Å²) >= 11 is 0. The summed E-state index contributed by atoms with van der Waals surface area (Å²) in [5.41, 5.74) is 1.83. The van der Waals surface area contributed by atoms with Crippen molar-refractivity contribution in [3.05, 3.63) is 42.0 Å². The molecule has 0 N–H and O–H groups in total. The third kappa shape index (κ3) is 1.98. The Morgan fingerprint density at radius 3 is 2.93 bits per heavy atom. The molecule has 0 saturated heterocycles. The molecule has 0 aliphatic rings. The first-order valence-electron chi connectivity index (χ1n) is 4.80. The predicted octanol–water partition coefficient (Wildman–Crippen LogP) is 1.47. The van der Waals surface area contributed by atoms with Crippen LogP contribution < -0.4 is 0 Å². The van der Waals surface area contributed by atoms with E-state index in [2.05, 4.69) is 5.10 Å². The molecule has 15 heavy (non-hydrogen) atoms. The summed E-state index contributed by atoms with van der Waals surface area (Å²) in [4.78, 5) is 11.3. The van der Waals surface area contributed by atoms with E-state index in [1.165, 1.54) is 0 Å². The molecule has 0 aliphatic carbocycles. The molecular formula is C11H13N3O. The first kappa shape index (κ1) is 9.71. The summed E-state index contributed by atoms with van der Waals surface area (Å²) in [5.74, 6) is 0.0869. The molecule has 0 aromatic carbocycles. The van der Waals surface area contributed by atoms with Crippen molar-refractivity contribution in [2.45, 2.75) is 13.5 Å². The van der Waals surface area contributed by atoms with Gasteiger partial charge in [0, 0.05) is 31.9 Å². The van der Waals surface area contributed by atoms with Crippen LogP contribution in [0.3, 0.4) is 0 Å². The van der Waals surface area contributed by atoms with Crippen molar-refractivity contribution in [2.24, 2.45) is 7.05 Å². The fraction of sp³-hybridized carbons (Fsp3) is 0.273. The van der Waals surface area contributed by atoms with E-state index in [-0.39, 0.29) is 5.78 Å². The second-order valence-electron chi connectivity index (χ2n) is 3.60. The van der Waals surface area contributed by atoms with E-state index in [4.69, 9.17) is 0 Å². The molecular weight excluding hydrogens is 190 g/mol. The fourth-order valence-corrected chi connectivity index (χ4v) is 1.62. The normalized spacial score (nSPS) is 10.5. The number of Topliss-reactive ketones (excluding diaryl/α,β-unsaturated/α-hetero) is 1. The number of aryl methyl sites for hydroxylation is 1. The van der Waals surface area contributed by atoms with Gasteiger partial charge in [-0.15, -0.1) is 0 Å². The van der Waals surface area contributed by atoms with Crippen molar-refractivity contribution in [3.63, 3.8) is 0 Å². The van der Waals surface area contributed by atoms with Crippen molar-refractivity contribution in [3.8, 4) is 0 Å². The van der Waals surface area contributed by atoms with Gasteiger partial charge in [-0.25, -0.2) is 0 Å². The van der Waals surface area contributed by atoms with Crippen molar-refractivity contribution < 1.29 is 4.79 Å². The number of carbonyl (C=O) groups is 1. The molecule has 0 radical (unpaired) electrons. The molecule has 0 atom stereocenters. The largest absolute Gasteiger partial charge is 0.341 e. The third-order valence-corrected chi connectivity index (χ3v) is 2.30. The maximum Gasteiger partial charge on any atom is 0.176 e. The highest BCUT2D eigenvalue weighted by Crippen LogP contribution is 2.07. The van der Waals surface area contributed by atoms with E-state index in [1.807, 2.05) is 42.3 Å². The Kier molecular flexibility index (Phi) is 2.41. The molecule has 78 valence electrons. The van der Waals surface area contributed by atoms with Crippen molar-refractivity contribution >= 4 is 5.78 Å². The highest BCUT2D eigenvalue weighted by Gasteiger charge is 2.06. The van der Waals surface area contributed by atoms with Gasteiger partial charge in [0.05, 0.1) is 18.4 Å². The third-order valence-electron chi connectivity index (χ3n) is 2.30. The minimum Gasteiger partial charge on any atom is -0.341 e. The van der Waals surface area contributed by atoms with Crippen LogP contribution in [0.15, 0.2) is 30.7 Å². The van der Waals surface area contributed by atoms with Crippen LogP contribution >= 0.6 is 0 Å². The number of carbonyl (C=O) groups excluding carboxylic acids is 1. The second kappa shape index (κ2) is 3.73. The van der Waals surface area contributed by atoms with Gasteiger partial charge in [-0.3, -0.25) is 9.48 Å². The van der Waals surface area contributed by atoms with Crippen LogP contribution in [0.1, 0.15) is 23.0 Å². The monoisotopic (exact) mass is 203 g/mol.